The van der Waals surface area contributed by atoms with Gasteiger partial charge in [-0.3, -0.25) is 13.9 Å². The molecule has 0 aromatic heterocycles. The fourth-order valence-electron chi connectivity index (χ4n) is 4.85. The Balaban J connectivity index is 1.81. The van der Waals surface area contributed by atoms with E-state index in [9.17, 15) is 18.0 Å². The quantitative estimate of drug-likeness (QED) is 0.221. The number of amides is 2. The lowest BCUT2D eigenvalue weighted by Crippen LogP contribution is -2.53. The third-order valence-corrected chi connectivity index (χ3v) is 8.87. The molecular weight excluding hydrogens is 578 g/mol. The molecule has 0 radical (unpaired) electrons. The predicted octanol–water partition coefficient (Wildman–Crippen LogP) is 4.68. The maximum atomic E-state index is 14.4. The van der Waals surface area contributed by atoms with E-state index in [2.05, 4.69) is 5.32 Å². The van der Waals surface area contributed by atoms with Crippen molar-refractivity contribution >= 4 is 27.5 Å². The summed E-state index contributed by atoms with van der Waals surface area (Å²) in [6.07, 6.45) is 0.243. The van der Waals surface area contributed by atoms with E-state index in [1.165, 1.54) is 37.3 Å². The van der Waals surface area contributed by atoms with Crippen LogP contribution in [0.15, 0.2) is 114 Å². The molecule has 0 spiro atoms. The van der Waals surface area contributed by atoms with E-state index in [1.54, 1.807) is 30.3 Å². The van der Waals surface area contributed by atoms with Gasteiger partial charge < -0.3 is 19.7 Å². The number of ether oxygens (including phenoxy) is 2. The van der Waals surface area contributed by atoms with E-state index in [0.717, 1.165) is 15.4 Å². The van der Waals surface area contributed by atoms with E-state index in [1.807, 2.05) is 67.6 Å². The highest BCUT2D eigenvalue weighted by Gasteiger charge is 2.34. The van der Waals surface area contributed by atoms with E-state index >= 15 is 0 Å². The fourth-order valence-corrected chi connectivity index (χ4v) is 6.28. The molecular formula is C34H37N3O6S. The number of rotatable bonds is 14. The predicted molar refractivity (Wildman–Crippen MR) is 170 cm³/mol. The van der Waals surface area contributed by atoms with Crippen LogP contribution < -0.4 is 19.1 Å². The Labute approximate surface area is 259 Å². The van der Waals surface area contributed by atoms with Crippen LogP contribution in [-0.2, 0) is 32.6 Å². The van der Waals surface area contributed by atoms with E-state index in [0.29, 0.717) is 18.0 Å². The van der Waals surface area contributed by atoms with Crippen molar-refractivity contribution in [2.45, 2.75) is 30.8 Å². The van der Waals surface area contributed by atoms with Crippen LogP contribution in [0, 0.1) is 0 Å². The number of hydrogen-bond acceptors (Lipinski definition) is 6. The highest BCUT2D eigenvalue weighted by Crippen LogP contribution is 2.34. The first-order valence-corrected chi connectivity index (χ1v) is 15.7. The van der Waals surface area contributed by atoms with Gasteiger partial charge in [0.15, 0.2) is 11.5 Å². The minimum absolute atomic E-state index is 0.0155. The number of nitrogens with zero attached hydrogens (tertiary/aromatic N) is 2. The van der Waals surface area contributed by atoms with Crippen LogP contribution in [0.5, 0.6) is 11.5 Å². The van der Waals surface area contributed by atoms with Crippen LogP contribution in [0.4, 0.5) is 5.69 Å². The minimum Gasteiger partial charge on any atom is -0.493 e. The van der Waals surface area contributed by atoms with Gasteiger partial charge in [-0.25, -0.2) is 8.42 Å². The van der Waals surface area contributed by atoms with Crippen LogP contribution in [0.2, 0.25) is 0 Å². The Morgan fingerprint density at radius 2 is 1.34 bits per heavy atom. The van der Waals surface area contributed by atoms with Gasteiger partial charge in [-0.2, -0.15) is 0 Å². The summed E-state index contributed by atoms with van der Waals surface area (Å²) in [5, 5.41) is 2.86. The zero-order valence-electron chi connectivity index (χ0n) is 25.1. The molecule has 44 heavy (non-hydrogen) atoms. The summed E-state index contributed by atoms with van der Waals surface area (Å²) in [6, 6.07) is 30.4. The molecule has 4 aromatic rings. The molecule has 9 nitrogen and oxygen atoms in total. The molecule has 0 bridgehead atoms. The normalized spacial score (nSPS) is 11.7. The zero-order valence-corrected chi connectivity index (χ0v) is 25.9. The van der Waals surface area contributed by atoms with Gasteiger partial charge >= 0.3 is 0 Å². The molecule has 2 amide bonds. The van der Waals surface area contributed by atoms with Crippen molar-refractivity contribution in [1.82, 2.24) is 10.2 Å². The molecule has 4 rings (SSSR count). The monoisotopic (exact) mass is 615 g/mol. The Bertz CT molecular complexity index is 1630. The SMILES string of the molecule is CCNC(=O)C(Cc1ccccc1)N(Cc1ccccc1)C(=O)CN(c1ccc(OC)c(OC)c1)S(=O)(=O)c1ccccc1. The lowest BCUT2D eigenvalue weighted by Gasteiger charge is -2.34. The second kappa shape index (κ2) is 15.1. The highest BCUT2D eigenvalue weighted by atomic mass is 32.2. The van der Waals surface area contributed by atoms with Crippen molar-refractivity contribution in [2.24, 2.45) is 0 Å². The number of carbonyl (C=O) groups excluding carboxylic acids is 2. The summed E-state index contributed by atoms with van der Waals surface area (Å²) in [5.41, 5.74) is 1.87. The van der Waals surface area contributed by atoms with Crippen LogP contribution in [0.25, 0.3) is 0 Å². The second-order valence-corrected chi connectivity index (χ2v) is 11.8. The molecule has 10 heteroatoms. The summed E-state index contributed by atoms with van der Waals surface area (Å²) in [5.74, 6) is -0.167. The number of anilines is 1. The van der Waals surface area contributed by atoms with E-state index in [4.69, 9.17) is 9.47 Å². The number of hydrogen-bond donors (Lipinski definition) is 1. The maximum Gasteiger partial charge on any atom is 0.264 e. The van der Waals surface area contributed by atoms with E-state index < -0.39 is 28.5 Å². The summed E-state index contributed by atoms with van der Waals surface area (Å²) in [7, 11) is -1.30. The molecule has 1 atom stereocenters. The molecule has 0 saturated carbocycles. The van der Waals surface area contributed by atoms with Crippen molar-refractivity contribution in [2.75, 3.05) is 31.6 Å². The van der Waals surface area contributed by atoms with Crippen LogP contribution in [0.1, 0.15) is 18.1 Å². The first-order chi connectivity index (χ1) is 21.3. The lowest BCUT2D eigenvalue weighted by molar-refractivity contribution is -0.140. The van der Waals surface area contributed by atoms with Gasteiger partial charge in [0.05, 0.1) is 24.8 Å². The second-order valence-electron chi connectivity index (χ2n) is 9.97. The number of sulfonamides is 1. The lowest BCUT2D eigenvalue weighted by atomic mass is 10.0. The third-order valence-electron chi connectivity index (χ3n) is 7.08. The minimum atomic E-state index is -4.23. The Morgan fingerprint density at radius 3 is 1.91 bits per heavy atom. The van der Waals surface area contributed by atoms with Crippen molar-refractivity contribution in [1.29, 1.82) is 0 Å². The van der Waals surface area contributed by atoms with Crippen LogP contribution in [-0.4, -0.2) is 58.5 Å². The number of carbonyl (C=O) groups is 2. The number of nitrogens with one attached hydrogen (secondary N) is 1. The van der Waals surface area contributed by atoms with Crippen LogP contribution >= 0.6 is 0 Å². The van der Waals surface area contributed by atoms with Gasteiger partial charge in [-0.15, -0.1) is 0 Å². The van der Waals surface area contributed by atoms with Gasteiger partial charge in [0.2, 0.25) is 11.8 Å². The standard InChI is InChI=1S/C34H37N3O6S/c1-4-35-34(39)30(22-26-14-8-5-9-15-26)36(24-27-16-10-6-11-17-27)33(38)25-37(44(40,41)29-18-12-7-13-19-29)28-20-21-31(42-2)32(23-28)43-3/h5-21,23,30H,4,22,24-25H2,1-3H3,(H,35,39). The smallest absolute Gasteiger partial charge is 0.264 e. The molecule has 4 aromatic carbocycles. The van der Waals surface area contributed by atoms with Gasteiger partial charge in [0.25, 0.3) is 10.0 Å². The topological polar surface area (TPSA) is 105 Å². The summed E-state index contributed by atoms with van der Waals surface area (Å²) in [6.45, 7) is 1.72. The molecule has 0 aliphatic carbocycles. The molecule has 1 N–H and O–H groups in total. The average molecular weight is 616 g/mol. The molecule has 0 heterocycles. The van der Waals surface area contributed by atoms with Gasteiger partial charge in [0, 0.05) is 25.6 Å². The summed E-state index contributed by atoms with van der Waals surface area (Å²) >= 11 is 0. The molecule has 230 valence electrons. The van der Waals surface area contributed by atoms with Crippen molar-refractivity contribution in [3.63, 3.8) is 0 Å². The third kappa shape index (κ3) is 7.76. The molecule has 1 unspecified atom stereocenters. The van der Waals surface area contributed by atoms with Gasteiger partial charge in [0.1, 0.15) is 12.6 Å². The Hall–Kier alpha value is -4.83. The Morgan fingerprint density at radius 1 is 0.773 bits per heavy atom. The maximum absolute atomic E-state index is 14.4. The molecule has 0 aliphatic rings. The average Bonchev–Trinajstić information content (AvgIpc) is 3.06. The van der Waals surface area contributed by atoms with E-state index in [-0.39, 0.29) is 29.5 Å². The van der Waals surface area contributed by atoms with Crippen molar-refractivity contribution < 1.29 is 27.5 Å². The number of benzene rings is 4. The van der Waals surface area contributed by atoms with Gasteiger partial charge in [-0.1, -0.05) is 78.9 Å². The first kappa shape index (κ1) is 32.1. The number of likely N-dealkylation sites (N-methyl/N-ethyl adjacent to an activating group) is 1. The molecule has 0 aliphatic heterocycles. The van der Waals surface area contributed by atoms with Crippen molar-refractivity contribution in [3.8, 4) is 11.5 Å². The highest BCUT2D eigenvalue weighted by molar-refractivity contribution is 7.92. The van der Waals surface area contributed by atoms with Crippen molar-refractivity contribution in [3.05, 3.63) is 120 Å². The van der Waals surface area contributed by atoms with Gasteiger partial charge in [-0.05, 0) is 42.3 Å². The summed E-state index contributed by atoms with van der Waals surface area (Å²) in [4.78, 5) is 29.4. The number of methoxy groups -OCH3 is 2. The summed E-state index contributed by atoms with van der Waals surface area (Å²) < 4.78 is 40.0. The zero-order chi connectivity index (χ0) is 31.5. The molecule has 0 saturated heterocycles. The first-order valence-electron chi connectivity index (χ1n) is 14.2. The molecule has 0 fully saturated rings. The Kier molecular flexibility index (Phi) is 11.0. The fraction of sp³-hybridized carbons (Fsp3) is 0.235. The van der Waals surface area contributed by atoms with Crippen LogP contribution in [0.3, 0.4) is 0 Å². The largest absolute Gasteiger partial charge is 0.493 e.